The first-order chi connectivity index (χ1) is 6.70. The summed E-state index contributed by atoms with van der Waals surface area (Å²) in [5, 5.41) is 3.44. The third-order valence-corrected chi connectivity index (χ3v) is 3.11. The lowest BCUT2D eigenvalue weighted by Gasteiger charge is -2.27. The first kappa shape index (κ1) is 11.5. The normalized spacial score (nSPS) is 15.1. The van der Waals surface area contributed by atoms with Gasteiger partial charge >= 0.3 is 0 Å². The first-order valence-electron chi connectivity index (χ1n) is 4.90. The summed E-state index contributed by atoms with van der Waals surface area (Å²) in [7, 11) is 0. The molecule has 0 amide bonds. The molecule has 0 aromatic carbocycles. The standard InChI is InChI=1S/C11H17ClN2/c1-3-11(2,9-12)14-8-10-5-4-6-13-7-10/h4-7,14H,3,8-9H2,1-2H3. The molecule has 14 heavy (non-hydrogen) atoms. The van der Waals surface area contributed by atoms with Crippen LogP contribution in [0.5, 0.6) is 0 Å². The molecule has 1 unspecified atom stereocenters. The number of halogens is 1. The molecule has 1 aromatic rings. The number of nitrogens with zero attached hydrogens (tertiary/aromatic N) is 1. The third kappa shape index (κ3) is 3.28. The Kier molecular flexibility index (Phi) is 4.36. The minimum absolute atomic E-state index is 0.0252. The molecule has 0 aliphatic rings. The largest absolute Gasteiger partial charge is 0.306 e. The Balaban J connectivity index is 2.48. The summed E-state index contributed by atoms with van der Waals surface area (Å²) in [4.78, 5) is 4.06. The van der Waals surface area contributed by atoms with E-state index in [9.17, 15) is 0 Å². The average Bonchev–Trinajstić information content (AvgIpc) is 2.27. The molecule has 3 heteroatoms. The van der Waals surface area contributed by atoms with Crippen LogP contribution in [-0.2, 0) is 6.54 Å². The van der Waals surface area contributed by atoms with E-state index in [0.29, 0.717) is 5.88 Å². The molecule has 1 heterocycles. The van der Waals surface area contributed by atoms with Gasteiger partial charge in [0.15, 0.2) is 0 Å². The summed E-state index contributed by atoms with van der Waals surface area (Å²) in [5.41, 5.74) is 1.22. The van der Waals surface area contributed by atoms with Gasteiger partial charge in [0, 0.05) is 30.4 Å². The highest BCUT2D eigenvalue weighted by atomic mass is 35.5. The second-order valence-electron chi connectivity index (χ2n) is 3.76. The van der Waals surface area contributed by atoms with Crippen molar-refractivity contribution < 1.29 is 0 Å². The van der Waals surface area contributed by atoms with E-state index >= 15 is 0 Å². The number of hydrogen-bond donors (Lipinski definition) is 1. The Labute approximate surface area is 90.7 Å². The number of rotatable bonds is 5. The maximum Gasteiger partial charge on any atom is 0.0403 e. The molecule has 1 atom stereocenters. The fraction of sp³-hybridized carbons (Fsp3) is 0.545. The highest BCUT2D eigenvalue weighted by molar-refractivity contribution is 6.18. The zero-order chi connectivity index (χ0) is 10.4. The molecular formula is C11H17ClN2. The number of pyridine rings is 1. The van der Waals surface area contributed by atoms with Crippen LogP contribution in [-0.4, -0.2) is 16.4 Å². The molecule has 2 nitrogen and oxygen atoms in total. The van der Waals surface area contributed by atoms with Crippen molar-refractivity contribution >= 4 is 11.6 Å². The Bertz CT molecular complexity index is 257. The predicted molar refractivity (Wildman–Crippen MR) is 60.5 cm³/mol. The smallest absolute Gasteiger partial charge is 0.0403 e. The molecule has 0 saturated heterocycles. The van der Waals surface area contributed by atoms with Crippen LogP contribution in [0.2, 0.25) is 0 Å². The SMILES string of the molecule is CCC(C)(CCl)NCc1cccnc1. The lowest BCUT2D eigenvalue weighted by atomic mass is 10.0. The quantitative estimate of drug-likeness (QED) is 0.759. The molecule has 0 radical (unpaired) electrons. The molecule has 0 aliphatic carbocycles. The van der Waals surface area contributed by atoms with Crippen molar-refractivity contribution in [2.75, 3.05) is 5.88 Å². The van der Waals surface area contributed by atoms with Gasteiger partial charge < -0.3 is 5.32 Å². The van der Waals surface area contributed by atoms with E-state index < -0.39 is 0 Å². The van der Waals surface area contributed by atoms with Gasteiger partial charge in [-0.2, -0.15) is 0 Å². The van der Waals surface area contributed by atoms with Crippen LogP contribution in [0.1, 0.15) is 25.8 Å². The lowest BCUT2D eigenvalue weighted by molar-refractivity contribution is 0.379. The van der Waals surface area contributed by atoms with E-state index in [2.05, 4.69) is 30.2 Å². The second kappa shape index (κ2) is 5.32. The monoisotopic (exact) mass is 212 g/mol. The topological polar surface area (TPSA) is 24.9 Å². The summed E-state index contributed by atoms with van der Waals surface area (Å²) in [6.07, 6.45) is 4.68. The summed E-state index contributed by atoms with van der Waals surface area (Å²) < 4.78 is 0. The maximum atomic E-state index is 5.90. The molecule has 1 rings (SSSR count). The Morgan fingerprint density at radius 1 is 1.57 bits per heavy atom. The summed E-state index contributed by atoms with van der Waals surface area (Å²) in [5.74, 6) is 0.629. The van der Waals surface area contributed by atoms with Gasteiger partial charge in [0.05, 0.1) is 0 Å². The first-order valence-corrected chi connectivity index (χ1v) is 5.43. The number of aromatic nitrogens is 1. The van der Waals surface area contributed by atoms with Gasteiger partial charge in [0.1, 0.15) is 0 Å². The summed E-state index contributed by atoms with van der Waals surface area (Å²) >= 11 is 5.90. The van der Waals surface area contributed by atoms with E-state index in [-0.39, 0.29) is 5.54 Å². The van der Waals surface area contributed by atoms with Gasteiger partial charge in [-0.25, -0.2) is 0 Å². The number of hydrogen-bond acceptors (Lipinski definition) is 2. The summed E-state index contributed by atoms with van der Waals surface area (Å²) in [6.45, 7) is 5.10. The van der Waals surface area contributed by atoms with E-state index in [1.54, 1.807) is 6.20 Å². The van der Waals surface area contributed by atoms with Crippen molar-refractivity contribution in [3.63, 3.8) is 0 Å². The van der Waals surface area contributed by atoms with E-state index in [1.165, 1.54) is 5.56 Å². The number of alkyl halides is 1. The highest BCUT2D eigenvalue weighted by Crippen LogP contribution is 2.12. The Hall–Kier alpha value is -0.600. The molecule has 0 fully saturated rings. The van der Waals surface area contributed by atoms with Crippen LogP contribution in [0.3, 0.4) is 0 Å². The maximum absolute atomic E-state index is 5.90. The van der Waals surface area contributed by atoms with Crippen molar-refractivity contribution in [3.8, 4) is 0 Å². The zero-order valence-electron chi connectivity index (χ0n) is 8.76. The molecule has 1 N–H and O–H groups in total. The lowest BCUT2D eigenvalue weighted by Crippen LogP contribution is -2.42. The van der Waals surface area contributed by atoms with Gasteiger partial charge in [-0.3, -0.25) is 4.98 Å². The molecule has 1 aromatic heterocycles. The van der Waals surface area contributed by atoms with Gasteiger partial charge in [-0.1, -0.05) is 13.0 Å². The number of nitrogens with one attached hydrogen (secondary N) is 1. The van der Waals surface area contributed by atoms with E-state index in [4.69, 9.17) is 11.6 Å². The van der Waals surface area contributed by atoms with Crippen LogP contribution in [0, 0.1) is 0 Å². The predicted octanol–water partition coefficient (Wildman–Crippen LogP) is 2.58. The third-order valence-electron chi connectivity index (χ3n) is 2.52. The van der Waals surface area contributed by atoms with Gasteiger partial charge in [0.25, 0.3) is 0 Å². The van der Waals surface area contributed by atoms with Gasteiger partial charge in [-0.15, -0.1) is 11.6 Å². The molecular weight excluding hydrogens is 196 g/mol. The zero-order valence-corrected chi connectivity index (χ0v) is 9.51. The van der Waals surface area contributed by atoms with Crippen molar-refractivity contribution in [1.29, 1.82) is 0 Å². The molecule has 0 saturated carbocycles. The molecule has 0 bridgehead atoms. The molecule has 0 spiro atoms. The van der Waals surface area contributed by atoms with Crippen LogP contribution in [0.25, 0.3) is 0 Å². The second-order valence-corrected chi connectivity index (χ2v) is 4.03. The minimum atomic E-state index is 0.0252. The molecule has 0 aliphatic heterocycles. The van der Waals surface area contributed by atoms with Crippen LogP contribution < -0.4 is 5.32 Å². The van der Waals surface area contributed by atoms with E-state index in [0.717, 1.165) is 13.0 Å². The highest BCUT2D eigenvalue weighted by Gasteiger charge is 2.19. The van der Waals surface area contributed by atoms with Crippen LogP contribution in [0.4, 0.5) is 0 Å². The van der Waals surface area contributed by atoms with Gasteiger partial charge in [-0.05, 0) is 25.0 Å². The van der Waals surface area contributed by atoms with Crippen molar-refractivity contribution in [3.05, 3.63) is 30.1 Å². The van der Waals surface area contributed by atoms with Crippen LogP contribution >= 0.6 is 11.6 Å². The Morgan fingerprint density at radius 3 is 2.86 bits per heavy atom. The summed E-state index contributed by atoms with van der Waals surface area (Å²) in [6, 6.07) is 4.01. The molecule has 78 valence electrons. The van der Waals surface area contributed by atoms with Crippen molar-refractivity contribution in [1.82, 2.24) is 10.3 Å². The van der Waals surface area contributed by atoms with Crippen LogP contribution in [0.15, 0.2) is 24.5 Å². The van der Waals surface area contributed by atoms with Crippen molar-refractivity contribution in [2.45, 2.75) is 32.4 Å². The minimum Gasteiger partial charge on any atom is -0.306 e. The fourth-order valence-corrected chi connectivity index (χ4v) is 1.37. The fourth-order valence-electron chi connectivity index (χ4n) is 1.08. The van der Waals surface area contributed by atoms with E-state index in [1.807, 2.05) is 12.3 Å². The Morgan fingerprint density at radius 2 is 2.36 bits per heavy atom. The average molecular weight is 213 g/mol. The van der Waals surface area contributed by atoms with Crippen molar-refractivity contribution in [2.24, 2.45) is 0 Å². The van der Waals surface area contributed by atoms with Gasteiger partial charge in [0.2, 0.25) is 0 Å².